The van der Waals surface area contributed by atoms with Gasteiger partial charge in [0, 0.05) is 50.8 Å². The smallest absolute Gasteiger partial charge is 0.241 e. The molecule has 1 N–H and O–H groups in total. The summed E-state index contributed by atoms with van der Waals surface area (Å²) in [6, 6.07) is 21.0. The second-order valence-corrected chi connectivity index (χ2v) is 7.77. The van der Waals surface area contributed by atoms with Crippen molar-refractivity contribution in [2.24, 2.45) is 0 Å². The molecule has 3 aromatic rings. The molecule has 160 valence electrons. The van der Waals surface area contributed by atoms with Gasteiger partial charge in [0.05, 0.1) is 6.04 Å². The molecule has 1 saturated heterocycles. The summed E-state index contributed by atoms with van der Waals surface area (Å²) < 4.78 is 5.80. The van der Waals surface area contributed by atoms with Crippen LogP contribution in [0.5, 0.6) is 11.5 Å². The van der Waals surface area contributed by atoms with Crippen molar-refractivity contribution in [1.29, 1.82) is 0 Å². The average molecular weight is 417 g/mol. The van der Waals surface area contributed by atoms with Gasteiger partial charge in [-0.3, -0.25) is 19.6 Å². The first kappa shape index (κ1) is 21.0. The fourth-order valence-corrected chi connectivity index (χ4v) is 3.70. The summed E-state index contributed by atoms with van der Waals surface area (Å²) in [7, 11) is 0. The Morgan fingerprint density at radius 1 is 0.935 bits per heavy atom. The number of anilines is 1. The molecule has 0 bridgehead atoms. The van der Waals surface area contributed by atoms with E-state index >= 15 is 0 Å². The van der Waals surface area contributed by atoms with Gasteiger partial charge in [0.15, 0.2) is 0 Å². The molecular weight excluding hydrogens is 388 g/mol. The number of rotatable bonds is 7. The summed E-state index contributed by atoms with van der Waals surface area (Å²) in [5, 5.41) is 3.02. The normalized spacial score (nSPS) is 15.9. The molecule has 4 rings (SSSR count). The molecule has 1 atom stereocenters. The lowest BCUT2D eigenvalue weighted by Gasteiger charge is -2.37. The van der Waals surface area contributed by atoms with E-state index in [1.54, 1.807) is 0 Å². The number of carbonyl (C=O) groups excluding carboxylic acids is 1. The van der Waals surface area contributed by atoms with Crippen LogP contribution in [0.15, 0.2) is 79.1 Å². The minimum Gasteiger partial charge on any atom is -0.457 e. The SMILES string of the molecule is CC(C(=O)Nc1ccc(Oc2ccccc2)cc1)N1CCN(Cc2ccncc2)CC1. The van der Waals surface area contributed by atoms with Crippen molar-refractivity contribution in [3.05, 3.63) is 84.7 Å². The highest BCUT2D eigenvalue weighted by molar-refractivity contribution is 5.94. The van der Waals surface area contributed by atoms with Crippen LogP contribution in [0.2, 0.25) is 0 Å². The molecule has 6 nitrogen and oxygen atoms in total. The van der Waals surface area contributed by atoms with Crippen LogP contribution in [0.3, 0.4) is 0 Å². The number of carbonyl (C=O) groups is 1. The fraction of sp³-hybridized carbons (Fsp3) is 0.280. The third-order valence-electron chi connectivity index (χ3n) is 5.59. The third-order valence-corrected chi connectivity index (χ3v) is 5.59. The summed E-state index contributed by atoms with van der Waals surface area (Å²) in [4.78, 5) is 21.5. The van der Waals surface area contributed by atoms with E-state index < -0.39 is 0 Å². The summed E-state index contributed by atoms with van der Waals surface area (Å²) >= 11 is 0. The van der Waals surface area contributed by atoms with Crippen LogP contribution in [-0.4, -0.2) is 52.9 Å². The van der Waals surface area contributed by atoms with Gasteiger partial charge >= 0.3 is 0 Å². The minimum absolute atomic E-state index is 0.0133. The third kappa shape index (κ3) is 5.90. The Labute approximate surface area is 183 Å². The number of piperazine rings is 1. The lowest BCUT2D eigenvalue weighted by molar-refractivity contribution is -0.121. The van der Waals surface area contributed by atoms with E-state index in [-0.39, 0.29) is 11.9 Å². The first-order valence-corrected chi connectivity index (χ1v) is 10.7. The van der Waals surface area contributed by atoms with Gasteiger partial charge in [-0.15, -0.1) is 0 Å². The van der Waals surface area contributed by atoms with Crippen molar-refractivity contribution in [2.45, 2.75) is 19.5 Å². The number of ether oxygens (including phenoxy) is 1. The Morgan fingerprint density at radius 3 is 2.26 bits per heavy atom. The molecule has 1 aliphatic rings. The van der Waals surface area contributed by atoms with Crippen LogP contribution in [-0.2, 0) is 11.3 Å². The first-order chi connectivity index (χ1) is 15.2. The van der Waals surface area contributed by atoms with E-state index in [1.807, 2.05) is 73.9 Å². The molecule has 2 aromatic carbocycles. The van der Waals surface area contributed by atoms with Gasteiger partial charge in [-0.05, 0) is 61.0 Å². The van der Waals surface area contributed by atoms with Gasteiger partial charge in [-0.1, -0.05) is 18.2 Å². The number of para-hydroxylation sites is 1. The number of aromatic nitrogens is 1. The molecule has 0 aliphatic carbocycles. The average Bonchev–Trinajstić information content (AvgIpc) is 2.82. The predicted octanol–water partition coefficient (Wildman–Crippen LogP) is 4.02. The second-order valence-electron chi connectivity index (χ2n) is 7.77. The zero-order valence-electron chi connectivity index (χ0n) is 17.8. The molecule has 0 spiro atoms. The van der Waals surface area contributed by atoms with Gasteiger partial charge < -0.3 is 10.1 Å². The molecule has 1 aliphatic heterocycles. The van der Waals surface area contributed by atoms with Crippen LogP contribution in [0, 0.1) is 0 Å². The number of hydrogen-bond acceptors (Lipinski definition) is 5. The highest BCUT2D eigenvalue weighted by Crippen LogP contribution is 2.23. The molecule has 1 unspecified atom stereocenters. The summed E-state index contributed by atoms with van der Waals surface area (Å²) in [5.74, 6) is 1.54. The molecule has 1 amide bonds. The van der Waals surface area contributed by atoms with Gasteiger partial charge in [0.2, 0.25) is 5.91 Å². The van der Waals surface area contributed by atoms with Crippen molar-refractivity contribution in [3.63, 3.8) is 0 Å². The standard InChI is InChI=1S/C25H28N4O2/c1-20(29-17-15-28(16-18-29)19-21-11-13-26-14-12-21)25(30)27-22-7-9-24(10-8-22)31-23-5-3-2-4-6-23/h2-14,20H,15-19H2,1H3,(H,27,30). The van der Waals surface area contributed by atoms with Gasteiger partial charge in [0.1, 0.15) is 11.5 Å². The van der Waals surface area contributed by atoms with E-state index in [0.29, 0.717) is 0 Å². The quantitative estimate of drug-likeness (QED) is 0.631. The maximum Gasteiger partial charge on any atom is 0.241 e. The van der Waals surface area contributed by atoms with Crippen LogP contribution in [0.25, 0.3) is 0 Å². The van der Waals surface area contributed by atoms with E-state index in [9.17, 15) is 4.79 Å². The number of amides is 1. The van der Waals surface area contributed by atoms with Crippen molar-refractivity contribution in [3.8, 4) is 11.5 Å². The van der Waals surface area contributed by atoms with E-state index in [0.717, 1.165) is 49.9 Å². The molecule has 2 heterocycles. The van der Waals surface area contributed by atoms with E-state index in [2.05, 4.69) is 32.2 Å². The molecule has 0 saturated carbocycles. The number of nitrogens with one attached hydrogen (secondary N) is 1. The maximum atomic E-state index is 12.8. The Kier molecular flexibility index (Phi) is 6.92. The molecule has 6 heteroatoms. The maximum absolute atomic E-state index is 12.8. The molecule has 1 aromatic heterocycles. The highest BCUT2D eigenvalue weighted by atomic mass is 16.5. The van der Waals surface area contributed by atoms with Gasteiger partial charge in [-0.25, -0.2) is 0 Å². The summed E-state index contributed by atoms with van der Waals surface area (Å²) in [6.45, 7) is 6.55. The Balaban J connectivity index is 1.25. The van der Waals surface area contributed by atoms with E-state index in [4.69, 9.17) is 4.74 Å². The molecule has 1 fully saturated rings. The zero-order chi connectivity index (χ0) is 21.5. The largest absolute Gasteiger partial charge is 0.457 e. The Hall–Kier alpha value is -3.22. The predicted molar refractivity (Wildman–Crippen MR) is 122 cm³/mol. The second kappa shape index (κ2) is 10.2. The monoisotopic (exact) mass is 416 g/mol. The number of pyridine rings is 1. The van der Waals surface area contributed by atoms with E-state index in [1.165, 1.54) is 5.56 Å². The van der Waals surface area contributed by atoms with Crippen LogP contribution < -0.4 is 10.1 Å². The Bertz CT molecular complexity index is 956. The van der Waals surface area contributed by atoms with Crippen LogP contribution in [0.4, 0.5) is 5.69 Å². The summed E-state index contributed by atoms with van der Waals surface area (Å²) in [6.07, 6.45) is 3.66. The Morgan fingerprint density at radius 2 is 1.58 bits per heavy atom. The fourth-order valence-electron chi connectivity index (χ4n) is 3.70. The highest BCUT2D eigenvalue weighted by Gasteiger charge is 2.25. The van der Waals surface area contributed by atoms with Gasteiger partial charge in [0.25, 0.3) is 0 Å². The molecular formula is C25H28N4O2. The molecule has 0 radical (unpaired) electrons. The zero-order valence-corrected chi connectivity index (χ0v) is 17.8. The number of benzene rings is 2. The number of nitrogens with zero attached hydrogens (tertiary/aromatic N) is 3. The molecule has 31 heavy (non-hydrogen) atoms. The summed E-state index contributed by atoms with van der Waals surface area (Å²) in [5.41, 5.74) is 2.04. The van der Waals surface area contributed by atoms with Crippen molar-refractivity contribution >= 4 is 11.6 Å². The number of hydrogen-bond donors (Lipinski definition) is 1. The lowest BCUT2D eigenvalue weighted by atomic mass is 10.2. The van der Waals surface area contributed by atoms with Crippen molar-refractivity contribution in [1.82, 2.24) is 14.8 Å². The van der Waals surface area contributed by atoms with Crippen molar-refractivity contribution < 1.29 is 9.53 Å². The lowest BCUT2D eigenvalue weighted by Crippen LogP contribution is -2.52. The van der Waals surface area contributed by atoms with Crippen LogP contribution in [0.1, 0.15) is 12.5 Å². The minimum atomic E-state index is -0.177. The van der Waals surface area contributed by atoms with Crippen molar-refractivity contribution in [2.75, 3.05) is 31.5 Å². The topological polar surface area (TPSA) is 57.7 Å². The van der Waals surface area contributed by atoms with Crippen LogP contribution >= 0.6 is 0 Å². The van der Waals surface area contributed by atoms with Gasteiger partial charge in [-0.2, -0.15) is 0 Å². The first-order valence-electron chi connectivity index (χ1n) is 10.7.